The van der Waals surface area contributed by atoms with Crippen molar-refractivity contribution < 1.29 is 0 Å². The Morgan fingerprint density at radius 1 is 1.05 bits per heavy atom. The third-order valence-electron chi connectivity index (χ3n) is 5.09. The predicted molar refractivity (Wildman–Crippen MR) is 82.9 cm³/mol. The van der Waals surface area contributed by atoms with Crippen molar-refractivity contribution in [1.82, 2.24) is 0 Å². The number of halogens is 1. The molecule has 0 bridgehead atoms. The number of aryl methyl sites for hydroxylation is 1. The standard InChI is InChI=1S/C17H24ClN/c1-12-10-15(18)7-9-17(12)19-16-8-6-13-4-2-3-5-14(13)11-16/h7,9-10,13-14,16,19H,2-6,8,11H2,1H3. The number of benzene rings is 1. The summed E-state index contributed by atoms with van der Waals surface area (Å²) < 4.78 is 0. The average Bonchev–Trinajstić information content (AvgIpc) is 2.42. The van der Waals surface area contributed by atoms with Crippen molar-refractivity contribution in [2.24, 2.45) is 11.8 Å². The lowest BCUT2D eigenvalue weighted by Crippen LogP contribution is -2.34. The average molecular weight is 278 g/mol. The van der Waals surface area contributed by atoms with Crippen LogP contribution in [0, 0.1) is 18.8 Å². The molecular weight excluding hydrogens is 254 g/mol. The van der Waals surface area contributed by atoms with Gasteiger partial charge in [-0.1, -0.05) is 37.3 Å². The minimum Gasteiger partial charge on any atom is -0.382 e. The van der Waals surface area contributed by atoms with Gasteiger partial charge in [-0.2, -0.15) is 0 Å². The van der Waals surface area contributed by atoms with Crippen molar-refractivity contribution in [3.8, 4) is 0 Å². The van der Waals surface area contributed by atoms with Crippen molar-refractivity contribution in [3.63, 3.8) is 0 Å². The van der Waals surface area contributed by atoms with Gasteiger partial charge in [-0.3, -0.25) is 0 Å². The summed E-state index contributed by atoms with van der Waals surface area (Å²) in [6.07, 6.45) is 9.99. The Morgan fingerprint density at radius 2 is 1.84 bits per heavy atom. The minimum absolute atomic E-state index is 0.666. The molecular formula is C17H24ClN. The number of nitrogens with one attached hydrogen (secondary N) is 1. The van der Waals surface area contributed by atoms with Crippen LogP contribution in [0.4, 0.5) is 5.69 Å². The number of hydrogen-bond acceptors (Lipinski definition) is 1. The fourth-order valence-electron chi connectivity index (χ4n) is 4.01. The summed E-state index contributed by atoms with van der Waals surface area (Å²) in [4.78, 5) is 0. The second kappa shape index (κ2) is 5.75. The lowest BCUT2D eigenvalue weighted by Gasteiger charge is -2.40. The molecule has 2 aliphatic rings. The molecule has 2 heteroatoms. The van der Waals surface area contributed by atoms with Gasteiger partial charge in [0.2, 0.25) is 0 Å². The first kappa shape index (κ1) is 13.3. The van der Waals surface area contributed by atoms with Gasteiger partial charge in [-0.25, -0.2) is 0 Å². The Balaban J connectivity index is 1.64. The maximum absolute atomic E-state index is 6.02. The Labute approximate surface area is 121 Å². The van der Waals surface area contributed by atoms with Gasteiger partial charge in [0.25, 0.3) is 0 Å². The zero-order valence-electron chi connectivity index (χ0n) is 11.8. The zero-order chi connectivity index (χ0) is 13.2. The molecule has 1 aromatic rings. The zero-order valence-corrected chi connectivity index (χ0v) is 12.5. The van der Waals surface area contributed by atoms with Crippen LogP contribution in [0.5, 0.6) is 0 Å². The second-order valence-corrected chi connectivity index (χ2v) is 6.85. The molecule has 0 heterocycles. The number of rotatable bonds is 2. The summed E-state index contributed by atoms with van der Waals surface area (Å²) in [5, 5.41) is 4.58. The summed E-state index contributed by atoms with van der Waals surface area (Å²) in [5.74, 6) is 2.01. The van der Waals surface area contributed by atoms with Gasteiger partial charge in [-0.05, 0) is 61.8 Å². The van der Waals surface area contributed by atoms with Crippen LogP contribution in [0.15, 0.2) is 18.2 Å². The summed E-state index contributed by atoms with van der Waals surface area (Å²) in [6.45, 7) is 2.14. The largest absolute Gasteiger partial charge is 0.382 e. The maximum atomic E-state index is 6.02. The van der Waals surface area contributed by atoms with Gasteiger partial charge < -0.3 is 5.32 Å². The normalized spacial score (nSPS) is 30.7. The van der Waals surface area contributed by atoms with Crippen molar-refractivity contribution in [2.45, 2.75) is 57.9 Å². The molecule has 0 aromatic heterocycles. The van der Waals surface area contributed by atoms with Crippen molar-refractivity contribution in [3.05, 3.63) is 28.8 Å². The molecule has 2 saturated carbocycles. The lowest BCUT2D eigenvalue weighted by molar-refractivity contribution is 0.162. The van der Waals surface area contributed by atoms with Gasteiger partial charge in [0.15, 0.2) is 0 Å². The van der Waals surface area contributed by atoms with E-state index in [2.05, 4.69) is 24.4 Å². The molecule has 0 amide bonds. The van der Waals surface area contributed by atoms with Gasteiger partial charge in [0, 0.05) is 16.8 Å². The highest BCUT2D eigenvalue weighted by molar-refractivity contribution is 6.30. The molecule has 0 radical (unpaired) electrons. The molecule has 1 N–H and O–H groups in total. The highest BCUT2D eigenvalue weighted by atomic mass is 35.5. The topological polar surface area (TPSA) is 12.0 Å². The van der Waals surface area contributed by atoms with E-state index in [4.69, 9.17) is 11.6 Å². The maximum Gasteiger partial charge on any atom is 0.0410 e. The summed E-state index contributed by atoms with van der Waals surface area (Å²) >= 11 is 6.02. The molecule has 0 spiro atoms. The first-order chi connectivity index (χ1) is 9.22. The highest BCUT2D eigenvalue weighted by Gasteiger charge is 2.32. The quantitative estimate of drug-likeness (QED) is 0.761. The van der Waals surface area contributed by atoms with Gasteiger partial charge >= 0.3 is 0 Å². The van der Waals surface area contributed by atoms with Crippen molar-refractivity contribution in [1.29, 1.82) is 0 Å². The van der Waals surface area contributed by atoms with Gasteiger partial charge in [0.05, 0.1) is 0 Å². The predicted octanol–water partition coefficient (Wildman–Crippen LogP) is 5.42. The van der Waals surface area contributed by atoms with Crippen LogP contribution in [0.3, 0.4) is 0 Å². The molecule has 0 aliphatic heterocycles. The summed E-state index contributed by atoms with van der Waals surface area (Å²) in [5.41, 5.74) is 2.53. The third-order valence-corrected chi connectivity index (χ3v) is 5.32. The van der Waals surface area contributed by atoms with Gasteiger partial charge in [-0.15, -0.1) is 0 Å². The SMILES string of the molecule is Cc1cc(Cl)ccc1NC1CCC2CCCCC2C1. The van der Waals surface area contributed by atoms with Crippen LogP contribution < -0.4 is 5.32 Å². The monoisotopic (exact) mass is 277 g/mol. The Bertz CT molecular complexity index is 443. The molecule has 2 fully saturated rings. The van der Waals surface area contributed by atoms with E-state index in [1.54, 1.807) is 0 Å². The van der Waals surface area contributed by atoms with E-state index in [-0.39, 0.29) is 0 Å². The van der Waals surface area contributed by atoms with Gasteiger partial charge in [0.1, 0.15) is 0 Å². The van der Waals surface area contributed by atoms with Crippen LogP contribution in [0.2, 0.25) is 5.02 Å². The van der Waals surface area contributed by atoms with Crippen LogP contribution in [0.1, 0.15) is 50.5 Å². The van der Waals surface area contributed by atoms with E-state index >= 15 is 0 Å². The van der Waals surface area contributed by atoms with Crippen molar-refractivity contribution >= 4 is 17.3 Å². The van der Waals surface area contributed by atoms with Crippen LogP contribution >= 0.6 is 11.6 Å². The minimum atomic E-state index is 0.666. The van der Waals surface area contributed by atoms with Crippen LogP contribution in [-0.2, 0) is 0 Å². The molecule has 3 atom stereocenters. The molecule has 1 aromatic carbocycles. The van der Waals surface area contributed by atoms with E-state index in [0.717, 1.165) is 16.9 Å². The molecule has 0 saturated heterocycles. The molecule has 2 aliphatic carbocycles. The summed E-state index contributed by atoms with van der Waals surface area (Å²) in [6, 6.07) is 6.84. The number of anilines is 1. The van der Waals surface area contributed by atoms with Crippen molar-refractivity contribution in [2.75, 3.05) is 5.32 Å². The van der Waals surface area contributed by atoms with E-state index in [9.17, 15) is 0 Å². The molecule has 3 rings (SSSR count). The number of hydrogen-bond donors (Lipinski definition) is 1. The van der Waals surface area contributed by atoms with E-state index in [0.29, 0.717) is 6.04 Å². The molecule has 19 heavy (non-hydrogen) atoms. The van der Waals surface area contributed by atoms with Crippen LogP contribution in [-0.4, -0.2) is 6.04 Å². The Morgan fingerprint density at radius 3 is 2.63 bits per heavy atom. The first-order valence-corrected chi connectivity index (χ1v) is 8.13. The Kier molecular flexibility index (Phi) is 4.02. The number of fused-ring (bicyclic) bond motifs is 1. The Hall–Kier alpha value is -0.690. The fourth-order valence-corrected chi connectivity index (χ4v) is 4.24. The van der Waals surface area contributed by atoms with Crippen LogP contribution in [0.25, 0.3) is 0 Å². The lowest BCUT2D eigenvalue weighted by atomic mass is 9.69. The molecule has 3 unspecified atom stereocenters. The third kappa shape index (κ3) is 3.08. The molecule has 1 nitrogen and oxygen atoms in total. The van der Waals surface area contributed by atoms with E-state index in [1.807, 2.05) is 6.07 Å². The second-order valence-electron chi connectivity index (χ2n) is 6.42. The highest BCUT2D eigenvalue weighted by Crippen LogP contribution is 2.41. The fraction of sp³-hybridized carbons (Fsp3) is 0.647. The smallest absolute Gasteiger partial charge is 0.0410 e. The summed E-state index contributed by atoms with van der Waals surface area (Å²) in [7, 11) is 0. The first-order valence-electron chi connectivity index (χ1n) is 7.75. The molecule has 104 valence electrons. The van der Waals surface area contributed by atoms with E-state index in [1.165, 1.54) is 56.2 Å². The van der Waals surface area contributed by atoms with E-state index < -0.39 is 0 Å².